The van der Waals surface area contributed by atoms with E-state index in [1.54, 1.807) is 32.9 Å². The molecule has 6 nitrogen and oxygen atoms in total. The van der Waals surface area contributed by atoms with Gasteiger partial charge in [0.15, 0.2) is 11.5 Å². The second-order valence-electron chi connectivity index (χ2n) is 7.46. The maximum Gasteiger partial charge on any atom is 0.251 e. The largest absolute Gasteiger partial charge is 0.448 e. The normalized spacial score (nSPS) is 17.8. The lowest BCUT2D eigenvalue weighted by atomic mass is 9.96. The van der Waals surface area contributed by atoms with Gasteiger partial charge in [0.25, 0.3) is 5.79 Å². The Labute approximate surface area is 141 Å². The number of carbonyl (C=O) groups is 2. The van der Waals surface area contributed by atoms with Crippen LogP contribution in [0.15, 0.2) is 18.2 Å². The highest BCUT2D eigenvalue weighted by Crippen LogP contribution is 2.47. The van der Waals surface area contributed by atoms with Gasteiger partial charge in [0.2, 0.25) is 11.8 Å². The van der Waals surface area contributed by atoms with Gasteiger partial charge in [-0.2, -0.15) is 0 Å². The van der Waals surface area contributed by atoms with Gasteiger partial charge in [0.1, 0.15) is 0 Å². The highest BCUT2D eigenvalue weighted by atomic mass is 16.7. The van der Waals surface area contributed by atoms with Gasteiger partial charge >= 0.3 is 0 Å². The summed E-state index contributed by atoms with van der Waals surface area (Å²) in [6, 6.07) is 5.36. The maximum absolute atomic E-state index is 12.0. The summed E-state index contributed by atoms with van der Waals surface area (Å²) in [6.07, 6.45) is 3.99. The highest BCUT2D eigenvalue weighted by molar-refractivity contribution is 5.95. The lowest BCUT2D eigenvalue weighted by Crippen LogP contribution is -2.39. The van der Waals surface area contributed by atoms with E-state index in [0.717, 1.165) is 31.4 Å². The molecule has 24 heavy (non-hydrogen) atoms. The van der Waals surface area contributed by atoms with Gasteiger partial charge in [0, 0.05) is 30.0 Å². The molecule has 1 aliphatic heterocycles. The molecule has 6 heteroatoms. The van der Waals surface area contributed by atoms with Crippen molar-refractivity contribution in [3.8, 4) is 11.5 Å². The summed E-state index contributed by atoms with van der Waals surface area (Å²) >= 11 is 0. The number of anilines is 1. The zero-order valence-electron chi connectivity index (χ0n) is 14.4. The SMILES string of the molecule is CC(C)(C)C(=O)NCC(=O)Nc1ccc2c(c1)OC1(CCCC1)O2. The molecule has 2 aliphatic rings. The summed E-state index contributed by atoms with van der Waals surface area (Å²) in [4.78, 5) is 23.8. The van der Waals surface area contributed by atoms with Gasteiger partial charge in [-0.25, -0.2) is 0 Å². The Balaban J connectivity index is 1.58. The summed E-state index contributed by atoms with van der Waals surface area (Å²) in [5, 5.41) is 5.40. The molecule has 0 radical (unpaired) electrons. The molecule has 1 saturated carbocycles. The first-order valence-electron chi connectivity index (χ1n) is 8.38. The molecular weight excluding hydrogens is 308 g/mol. The van der Waals surface area contributed by atoms with Crippen molar-refractivity contribution < 1.29 is 19.1 Å². The summed E-state index contributed by atoms with van der Waals surface area (Å²) < 4.78 is 11.9. The van der Waals surface area contributed by atoms with Crippen molar-refractivity contribution in [3.05, 3.63) is 18.2 Å². The molecule has 3 rings (SSSR count). The van der Waals surface area contributed by atoms with Crippen molar-refractivity contribution in [2.24, 2.45) is 5.41 Å². The number of rotatable bonds is 3. The van der Waals surface area contributed by atoms with Gasteiger partial charge in [-0.15, -0.1) is 0 Å². The van der Waals surface area contributed by atoms with Gasteiger partial charge < -0.3 is 20.1 Å². The number of fused-ring (bicyclic) bond motifs is 1. The lowest BCUT2D eigenvalue weighted by molar-refractivity contribution is -0.130. The third kappa shape index (κ3) is 3.47. The topological polar surface area (TPSA) is 76.7 Å². The molecule has 1 aromatic carbocycles. The van der Waals surface area contributed by atoms with E-state index in [-0.39, 0.29) is 18.4 Å². The first kappa shape index (κ1) is 16.6. The Morgan fingerprint density at radius 1 is 1.12 bits per heavy atom. The molecule has 0 saturated heterocycles. The van der Waals surface area contributed by atoms with Crippen molar-refractivity contribution in [1.29, 1.82) is 0 Å². The molecule has 2 N–H and O–H groups in total. The van der Waals surface area contributed by atoms with Gasteiger partial charge in [-0.1, -0.05) is 20.8 Å². The van der Waals surface area contributed by atoms with Crippen molar-refractivity contribution in [1.82, 2.24) is 5.32 Å². The zero-order chi connectivity index (χ0) is 17.4. The highest BCUT2D eigenvalue weighted by Gasteiger charge is 2.44. The molecule has 0 unspecified atom stereocenters. The van der Waals surface area contributed by atoms with Crippen LogP contribution in [0.3, 0.4) is 0 Å². The fraction of sp³-hybridized carbons (Fsp3) is 0.556. The van der Waals surface area contributed by atoms with Crippen LogP contribution in [-0.4, -0.2) is 24.1 Å². The summed E-state index contributed by atoms with van der Waals surface area (Å²) in [6.45, 7) is 5.35. The van der Waals surface area contributed by atoms with Crippen molar-refractivity contribution >= 4 is 17.5 Å². The number of ether oxygens (including phenoxy) is 2. The van der Waals surface area contributed by atoms with E-state index < -0.39 is 11.2 Å². The van der Waals surface area contributed by atoms with E-state index in [4.69, 9.17) is 9.47 Å². The monoisotopic (exact) mass is 332 g/mol. The van der Waals surface area contributed by atoms with Crippen molar-refractivity contribution in [2.75, 3.05) is 11.9 Å². The molecule has 1 spiro atoms. The van der Waals surface area contributed by atoms with Crippen molar-refractivity contribution in [2.45, 2.75) is 52.2 Å². The average Bonchev–Trinajstić information content (AvgIpc) is 3.09. The fourth-order valence-electron chi connectivity index (χ4n) is 2.92. The van der Waals surface area contributed by atoms with Crippen LogP contribution < -0.4 is 20.1 Å². The molecule has 0 atom stereocenters. The van der Waals surface area contributed by atoms with Gasteiger partial charge in [-0.05, 0) is 25.0 Å². The lowest BCUT2D eigenvalue weighted by Gasteiger charge is -2.21. The van der Waals surface area contributed by atoms with Crippen LogP contribution in [0.25, 0.3) is 0 Å². The Morgan fingerprint density at radius 2 is 1.79 bits per heavy atom. The predicted molar refractivity (Wildman–Crippen MR) is 90.0 cm³/mol. The number of amides is 2. The van der Waals surface area contributed by atoms with E-state index in [1.807, 2.05) is 6.07 Å². The smallest absolute Gasteiger partial charge is 0.251 e. The molecule has 1 aliphatic carbocycles. The molecule has 0 bridgehead atoms. The Kier molecular flexibility index (Phi) is 4.15. The number of carbonyl (C=O) groups excluding carboxylic acids is 2. The molecular formula is C18H24N2O4. The maximum atomic E-state index is 12.0. The molecule has 1 fully saturated rings. The number of hydrogen-bond acceptors (Lipinski definition) is 4. The third-order valence-corrected chi connectivity index (χ3v) is 4.28. The molecule has 1 aromatic rings. The van der Waals surface area contributed by atoms with E-state index in [1.165, 1.54) is 0 Å². The fourth-order valence-corrected chi connectivity index (χ4v) is 2.92. The van der Waals surface area contributed by atoms with Crippen LogP contribution in [0.4, 0.5) is 5.69 Å². The molecule has 130 valence electrons. The van der Waals surface area contributed by atoms with E-state index in [9.17, 15) is 9.59 Å². The van der Waals surface area contributed by atoms with Crippen LogP contribution in [0, 0.1) is 5.41 Å². The number of benzene rings is 1. The Hall–Kier alpha value is -2.24. The Morgan fingerprint density at radius 3 is 2.46 bits per heavy atom. The Bertz CT molecular complexity index is 657. The number of nitrogens with one attached hydrogen (secondary N) is 2. The molecule has 1 heterocycles. The van der Waals surface area contributed by atoms with E-state index >= 15 is 0 Å². The standard InChI is InChI=1S/C18H24N2O4/c1-17(2,3)16(22)19-11-15(21)20-12-6-7-13-14(10-12)24-18(23-13)8-4-5-9-18/h6-7,10H,4-5,8-9,11H2,1-3H3,(H,19,22)(H,20,21). The van der Waals surface area contributed by atoms with Crippen LogP contribution in [-0.2, 0) is 9.59 Å². The summed E-state index contributed by atoms with van der Waals surface area (Å²) in [5.74, 6) is 0.434. The third-order valence-electron chi connectivity index (χ3n) is 4.28. The quantitative estimate of drug-likeness (QED) is 0.892. The molecule has 2 amide bonds. The van der Waals surface area contributed by atoms with Crippen LogP contribution in [0.2, 0.25) is 0 Å². The second-order valence-corrected chi connectivity index (χ2v) is 7.46. The van der Waals surface area contributed by atoms with Crippen LogP contribution >= 0.6 is 0 Å². The van der Waals surface area contributed by atoms with Crippen LogP contribution in [0.5, 0.6) is 11.5 Å². The van der Waals surface area contributed by atoms with Gasteiger partial charge in [0.05, 0.1) is 6.54 Å². The average molecular weight is 332 g/mol. The summed E-state index contributed by atoms with van der Waals surface area (Å²) in [7, 11) is 0. The van der Waals surface area contributed by atoms with Gasteiger partial charge in [-0.3, -0.25) is 9.59 Å². The minimum absolute atomic E-state index is 0.0610. The minimum atomic E-state index is -0.519. The molecule has 0 aromatic heterocycles. The van der Waals surface area contributed by atoms with Crippen molar-refractivity contribution in [3.63, 3.8) is 0 Å². The first-order chi connectivity index (χ1) is 11.3. The van der Waals surface area contributed by atoms with Crippen LogP contribution in [0.1, 0.15) is 46.5 Å². The first-order valence-corrected chi connectivity index (χ1v) is 8.38. The van der Waals surface area contributed by atoms with E-state index in [0.29, 0.717) is 11.4 Å². The minimum Gasteiger partial charge on any atom is -0.448 e. The zero-order valence-corrected chi connectivity index (χ0v) is 14.4. The second kappa shape index (κ2) is 6.00. The summed E-state index contributed by atoms with van der Waals surface area (Å²) in [5.41, 5.74) is 0.108. The number of hydrogen-bond donors (Lipinski definition) is 2. The predicted octanol–water partition coefficient (Wildman–Crippen LogP) is 2.83. The van der Waals surface area contributed by atoms with E-state index in [2.05, 4.69) is 10.6 Å².